The molecule has 0 aliphatic rings. The molecule has 3 aromatic rings. The molecule has 0 unspecified atom stereocenters. The Hall–Kier alpha value is -4.30. The van der Waals surface area contributed by atoms with Crippen LogP contribution < -0.4 is 14.8 Å². The molecule has 0 fully saturated rings. The van der Waals surface area contributed by atoms with Crippen LogP contribution in [-0.4, -0.2) is 28.1 Å². The third kappa shape index (κ3) is 5.93. The lowest BCUT2D eigenvalue weighted by Gasteiger charge is -2.12. The summed E-state index contributed by atoms with van der Waals surface area (Å²) in [7, 11) is 1.45. The lowest BCUT2D eigenvalue weighted by Crippen LogP contribution is -2.13. The van der Waals surface area contributed by atoms with Gasteiger partial charge in [0.05, 0.1) is 17.6 Å². The second-order valence-electron chi connectivity index (χ2n) is 7.07. The van der Waals surface area contributed by atoms with Crippen LogP contribution in [0.2, 0.25) is 0 Å². The second-order valence-corrected chi connectivity index (χ2v) is 8.13. The van der Waals surface area contributed by atoms with Crippen molar-refractivity contribution in [2.24, 2.45) is 0 Å². The number of nitrogens with one attached hydrogen (secondary N) is 1. The Kier molecular flexibility index (Phi) is 7.89. The van der Waals surface area contributed by atoms with Gasteiger partial charge in [-0.1, -0.05) is 36.0 Å². The van der Waals surface area contributed by atoms with Crippen LogP contribution in [0.3, 0.4) is 0 Å². The van der Waals surface area contributed by atoms with E-state index in [9.17, 15) is 20.2 Å². The maximum atomic E-state index is 12.5. The topological polar surface area (TPSA) is 140 Å². The minimum absolute atomic E-state index is 0.0308. The van der Waals surface area contributed by atoms with E-state index in [4.69, 9.17) is 9.47 Å². The average Bonchev–Trinajstić information content (AvgIpc) is 3.28. The van der Waals surface area contributed by atoms with Crippen LogP contribution in [-0.2, 0) is 17.8 Å². The molecule has 0 aliphatic heterocycles. The first-order valence-corrected chi connectivity index (χ1v) is 11.0. The third-order valence-corrected chi connectivity index (χ3v) is 5.65. The molecule has 0 saturated carbocycles. The summed E-state index contributed by atoms with van der Waals surface area (Å²) in [5.74, 6) is 0.102. The van der Waals surface area contributed by atoms with Gasteiger partial charge in [0.25, 0.3) is 11.6 Å². The van der Waals surface area contributed by atoms with Crippen molar-refractivity contribution in [1.82, 2.24) is 10.2 Å². The molecule has 1 heterocycles. The smallest absolute Gasteiger partial charge is 0.276 e. The van der Waals surface area contributed by atoms with Crippen molar-refractivity contribution in [3.05, 3.63) is 73.8 Å². The predicted molar refractivity (Wildman–Crippen MR) is 127 cm³/mol. The number of hydrogen-bond donors (Lipinski definition) is 1. The highest BCUT2D eigenvalue weighted by Crippen LogP contribution is 2.31. The molecule has 0 atom stereocenters. The van der Waals surface area contributed by atoms with Crippen molar-refractivity contribution >= 4 is 34.1 Å². The van der Waals surface area contributed by atoms with E-state index in [1.165, 1.54) is 30.6 Å². The first kappa shape index (κ1) is 24.3. The van der Waals surface area contributed by atoms with Gasteiger partial charge < -0.3 is 9.47 Å². The van der Waals surface area contributed by atoms with Crippen molar-refractivity contribution < 1.29 is 19.2 Å². The number of rotatable bonds is 9. The summed E-state index contributed by atoms with van der Waals surface area (Å²) in [5.41, 5.74) is 1.68. The number of nitro benzene ring substituents is 1. The van der Waals surface area contributed by atoms with E-state index in [0.717, 1.165) is 10.6 Å². The summed E-state index contributed by atoms with van der Waals surface area (Å²) >= 11 is 1.24. The zero-order valence-electron chi connectivity index (χ0n) is 18.7. The number of aryl methyl sites for hydroxylation is 2. The van der Waals surface area contributed by atoms with Crippen LogP contribution in [0.15, 0.2) is 42.0 Å². The van der Waals surface area contributed by atoms with Crippen LogP contribution >= 0.6 is 11.3 Å². The minimum Gasteiger partial charge on any atom is -0.493 e. The lowest BCUT2D eigenvalue weighted by atomic mass is 10.1. The normalized spacial score (nSPS) is 10.9. The fourth-order valence-corrected chi connectivity index (χ4v) is 3.66. The molecular weight excluding hydrogens is 458 g/mol. The quantitative estimate of drug-likeness (QED) is 0.205. The molecule has 0 saturated heterocycles. The summed E-state index contributed by atoms with van der Waals surface area (Å²) in [4.78, 5) is 23.3. The Labute approximate surface area is 199 Å². The SMILES string of the molecule is CCc1nnc(NC(=O)C(C#N)=Cc2ccc(OCc3cc(C)ccc3[N+](=O)[O-])c(OC)c2)s1. The number of benzene rings is 2. The van der Waals surface area contributed by atoms with Crippen LogP contribution in [0.5, 0.6) is 11.5 Å². The van der Waals surface area contributed by atoms with Gasteiger partial charge in [-0.25, -0.2) is 0 Å². The first-order valence-electron chi connectivity index (χ1n) is 10.1. The summed E-state index contributed by atoms with van der Waals surface area (Å²) < 4.78 is 11.2. The molecule has 1 amide bonds. The molecule has 11 heteroatoms. The molecule has 0 radical (unpaired) electrons. The van der Waals surface area contributed by atoms with E-state index >= 15 is 0 Å². The van der Waals surface area contributed by atoms with Crippen molar-refractivity contribution in [3.63, 3.8) is 0 Å². The van der Waals surface area contributed by atoms with Gasteiger partial charge in [-0.05, 0) is 43.2 Å². The van der Waals surface area contributed by atoms with E-state index in [1.54, 1.807) is 30.3 Å². The van der Waals surface area contributed by atoms with E-state index in [0.29, 0.717) is 34.2 Å². The third-order valence-electron chi connectivity index (χ3n) is 4.67. The molecular formula is C23H21N5O5S. The van der Waals surface area contributed by atoms with E-state index in [2.05, 4.69) is 15.5 Å². The van der Waals surface area contributed by atoms with Gasteiger partial charge in [0, 0.05) is 6.07 Å². The Morgan fingerprint density at radius 2 is 2.06 bits per heavy atom. The summed E-state index contributed by atoms with van der Waals surface area (Å²) in [6.07, 6.45) is 2.11. The highest BCUT2D eigenvalue weighted by molar-refractivity contribution is 7.15. The van der Waals surface area contributed by atoms with Crippen molar-refractivity contribution in [2.75, 3.05) is 12.4 Å². The molecule has 1 N–H and O–H groups in total. The molecule has 1 aromatic heterocycles. The monoisotopic (exact) mass is 479 g/mol. The number of carbonyl (C=O) groups is 1. The lowest BCUT2D eigenvalue weighted by molar-refractivity contribution is -0.385. The van der Waals surface area contributed by atoms with Gasteiger partial charge in [-0.2, -0.15) is 5.26 Å². The van der Waals surface area contributed by atoms with Crippen LogP contribution in [0.4, 0.5) is 10.8 Å². The molecule has 174 valence electrons. The van der Waals surface area contributed by atoms with Crippen LogP contribution in [0.25, 0.3) is 6.08 Å². The van der Waals surface area contributed by atoms with Gasteiger partial charge in [-0.15, -0.1) is 10.2 Å². The minimum atomic E-state index is -0.604. The van der Waals surface area contributed by atoms with Gasteiger partial charge in [0.2, 0.25) is 5.13 Å². The highest BCUT2D eigenvalue weighted by Gasteiger charge is 2.16. The second kappa shape index (κ2) is 11.0. The molecule has 0 spiro atoms. The number of aromatic nitrogens is 2. The number of nitriles is 1. The van der Waals surface area contributed by atoms with Crippen LogP contribution in [0, 0.1) is 28.4 Å². The average molecular weight is 480 g/mol. The molecule has 3 rings (SSSR count). The van der Waals surface area contributed by atoms with Gasteiger partial charge in [0.15, 0.2) is 11.5 Å². The van der Waals surface area contributed by atoms with E-state index in [1.807, 2.05) is 19.9 Å². The maximum absolute atomic E-state index is 12.5. The summed E-state index contributed by atoms with van der Waals surface area (Å²) in [6.45, 7) is 3.73. The van der Waals surface area contributed by atoms with Gasteiger partial charge in [-0.3, -0.25) is 20.2 Å². The number of ether oxygens (including phenoxy) is 2. The Balaban J connectivity index is 1.78. The summed E-state index contributed by atoms with van der Waals surface area (Å²) in [5, 5.41) is 32.2. The predicted octanol–water partition coefficient (Wildman–Crippen LogP) is 4.45. The highest BCUT2D eigenvalue weighted by atomic mass is 32.1. The van der Waals surface area contributed by atoms with Crippen molar-refractivity contribution in [1.29, 1.82) is 5.26 Å². The zero-order valence-corrected chi connectivity index (χ0v) is 19.5. The Morgan fingerprint density at radius 3 is 2.71 bits per heavy atom. The Bertz CT molecular complexity index is 1300. The molecule has 0 aliphatic carbocycles. The molecule has 2 aromatic carbocycles. The molecule has 10 nitrogen and oxygen atoms in total. The molecule has 0 bridgehead atoms. The van der Waals surface area contributed by atoms with Crippen LogP contribution in [0.1, 0.15) is 28.6 Å². The largest absolute Gasteiger partial charge is 0.493 e. The number of carbonyl (C=O) groups excluding carboxylic acids is 1. The van der Waals surface area contributed by atoms with E-state index in [-0.39, 0.29) is 17.9 Å². The van der Waals surface area contributed by atoms with E-state index < -0.39 is 10.8 Å². The standard InChI is InChI=1S/C23H21N5O5S/c1-4-21-26-27-23(34-21)25-22(29)16(12-24)10-15-6-8-19(20(11-15)32-3)33-13-17-9-14(2)5-7-18(17)28(30)31/h5-11H,4,13H2,1-3H3,(H,25,27,29). The first-order chi connectivity index (χ1) is 16.3. The van der Waals surface area contributed by atoms with Gasteiger partial charge in [0.1, 0.15) is 23.3 Å². The Morgan fingerprint density at radius 1 is 1.26 bits per heavy atom. The van der Waals surface area contributed by atoms with Crippen molar-refractivity contribution in [3.8, 4) is 17.6 Å². The fourth-order valence-electron chi connectivity index (χ4n) is 2.98. The number of amides is 1. The van der Waals surface area contributed by atoms with Crippen molar-refractivity contribution in [2.45, 2.75) is 26.9 Å². The number of hydrogen-bond acceptors (Lipinski definition) is 9. The number of nitro groups is 1. The number of methoxy groups -OCH3 is 1. The maximum Gasteiger partial charge on any atom is 0.276 e. The van der Waals surface area contributed by atoms with Gasteiger partial charge >= 0.3 is 0 Å². The fraction of sp³-hybridized carbons (Fsp3) is 0.217. The zero-order chi connectivity index (χ0) is 24.7. The molecule has 34 heavy (non-hydrogen) atoms. The number of nitrogens with zero attached hydrogens (tertiary/aromatic N) is 4. The summed E-state index contributed by atoms with van der Waals surface area (Å²) in [6, 6.07) is 11.5. The number of anilines is 1.